The summed E-state index contributed by atoms with van der Waals surface area (Å²) in [5.74, 6) is 0.442. The maximum Gasteiger partial charge on any atom is 0.0541 e. The Morgan fingerprint density at radius 3 is 2.63 bits per heavy atom. The highest BCUT2D eigenvalue weighted by Crippen LogP contribution is 2.28. The summed E-state index contributed by atoms with van der Waals surface area (Å²) in [5, 5.41) is 9.66. The predicted octanol–water partition coefficient (Wildman–Crippen LogP) is 2.54. The second-order valence-corrected chi connectivity index (χ2v) is 6.34. The molecule has 1 aliphatic rings. The van der Waals surface area contributed by atoms with Gasteiger partial charge in [0.15, 0.2) is 0 Å². The van der Waals surface area contributed by atoms with Crippen molar-refractivity contribution in [3.63, 3.8) is 0 Å². The van der Waals surface area contributed by atoms with Gasteiger partial charge < -0.3 is 10.8 Å². The van der Waals surface area contributed by atoms with Crippen molar-refractivity contribution >= 4 is 15.9 Å². The molecule has 0 spiro atoms. The molecular weight excluding hydrogens is 304 g/mol. The lowest BCUT2D eigenvalue weighted by atomic mass is 9.90. The predicted molar refractivity (Wildman–Crippen MR) is 81.9 cm³/mol. The number of nitrogens with two attached hydrogens (primary N) is 1. The summed E-state index contributed by atoms with van der Waals surface area (Å²) in [6, 6.07) is 8.68. The third kappa shape index (κ3) is 3.78. The van der Waals surface area contributed by atoms with E-state index in [4.69, 9.17) is 5.73 Å². The number of hydrogen-bond donors (Lipinski definition) is 2. The van der Waals surface area contributed by atoms with Crippen LogP contribution >= 0.6 is 15.9 Å². The molecule has 1 aromatic rings. The van der Waals surface area contributed by atoms with Crippen LogP contribution in [-0.2, 0) is 0 Å². The third-order valence-corrected chi connectivity index (χ3v) is 4.65. The minimum absolute atomic E-state index is 0.190. The van der Waals surface area contributed by atoms with Crippen molar-refractivity contribution in [2.45, 2.75) is 31.9 Å². The first-order chi connectivity index (χ1) is 9.11. The monoisotopic (exact) mass is 326 g/mol. The highest BCUT2D eigenvalue weighted by molar-refractivity contribution is 9.10. The van der Waals surface area contributed by atoms with Crippen molar-refractivity contribution in [1.82, 2.24) is 4.90 Å². The summed E-state index contributed by atoms with van der Waals surface area (Å²) in [6.45, 7) is 4.57. The minimum atomic E-state index is -0.190. The normalized spacial score (nSPS) is 21.3. The van der Waals surface area contributed by atoms with Gasteiger partial charge in [-0.15, -0.1) is 0 Å². The Kier molecular flexibility index (Phi) is 5.39. The molecule has 106 valence electrons. The van der Waals surface area contributed by atoms with Gasteiger partial charge in [-0.25, -0.2) is 0 Å². The summed E-state index contributed by atoms with van der Waals surface area (Å²) in [5.41, 5.74) is 7.24. The molecule has 1 fully saturated rings. The molecular formula is C15H23BrN2O. The molecule has 0 amide bonds. The van der Waals surface area contributed by atoms with Crippen LogP contribution in [0.25, 0.3) is 0 Å². The van der Waals surface area contributed by atoms with E-state index in [2.05, 4.69) is 39.0 Å². The molecule has 2 unspecified atom stereocenters. The number of likely N-dealkylation sites (tertiary alicyclic amines) is 1. The topological polar surface area (TPSA) is 49.5 Å². The van der Waals surface area contributed by atoms with E-state index in [1.54, 1.807) is 0 Å². The zero-order valence-corrected chi connectivity index (χ0v) is 13.0. The minimum Gasteiger partial charge on any atom is -0.393 e. The Bertz CT molecular complexity index is 403. The lowest BCUT2D eigenvalue weighted by molar-refractivity contribution is 0.0568. The third-order valence-electron chi connectivity index (χ3n) is 4.15. The molecule has 0 saturated carbocycles. The molecule has 0 radical (unpaired) electrons. The van der Waals surface area contributed by atoms with Crippen LogP contribution in [0, 0.1) is 5.92 Å². The van der Waals surface area contributed by atoms with Crippen molar-refractivity contribution in [2.75, 3.05) is 19.6 Å². The largest absolute Gasteiger partial charge is 0.393 e. The first kappa shape index (κ1) is 15.0. The number of aliphatic hydroxyl groups is 1. The van der Waals surface area contributed by atoms with Crippen LogP contribution in [0.1, 0.15) is 31.4 Å². The van der Waals surface area contributed by atoms with E-state index in [-0.39, 0.29) is 12.1 Å². The summed E-state index contributed by atoms with van der Waals surface area (Å²) in [7, 11) is 0. The standard InChI is InChI=1S/C15H23BrN2O/c1-11(19)12-5-7-18(8-6-12)15(10-17)13-3-2-4-14(16)9-13/h2-4,9,11-12,15,19H,5-8,10,17H2,1H3. The van der Waals surface area contributed by atoms with Gasteiger partial charge in [0.25, 0.3) is 0 Å². The maximum absolute atomic E-state index is 9.66. The number of hydrogen-bond acceptors (Lipinski definition) is 3. The molecule has 3 N–H and O–H groups in total. The van der Waals surface area contributed by atoms with Crippen molar-refractivity contribution in [3.05, 3.63) is 34.3 Å². The van der Waals surface area contributed by atoms with Crippen LogP contribution in [0.3, 0.4) is 0 Å². The van der Waals surface area contributed by atoms with E-state index >= 15 is 0 Å². The number of rotatable bonds is 4. The van der Waals surface area contributed by atoms with Gasteiger partial charge in [0, 0.05) is 17.1 Å². The number of aliphatic hydroxyl groups excluding tert-OH is 1. The first-order valence-electron chi connectivity index (χ1n) is 6.99. The van der Waals surface area contributed by atoms with Gasteiger partial charge in [-0.3, -0.25) is 4.90 Å². The highest BCUT2D eigenvalue weighted by atomic mass is 79.9. The summed E-state index contributed by atoms with van der Waals surface area (Å²) >= 11 is 3.52. The first-order valence-corrected chi connectivity index (χ1v) is 7.78. The molecule has 3 nitrogen and oxygen atoms in total. The van der Waals surface area contributed by atoms with Gasteiger partial charge in [-0.2, -0.15) is 0 Å². The Balaban J connectivity index is 2.03. The van der Waals surface area contributed by atoms with Gasteiger partial charge >= 0.3 is 0 Å². The van der Waals surface area contributed by atoms with Crippen molar-refractivity contribution in [1.29, 1.82) is 0 Å². The number of piperidine rings is 1. The van der Waals surface area contributed by atoms with Crippen molar-refractivity contribution < 1.29 is 5.11 Å². The molecule has 2 rings (SSSR count). The number of benzene rings is 1. The van der Waals surface area contributed by atoms with Crippen molar-refractivity contribution in [3.8, 4) is 0 Å². The second-order valence-electron chi connectivity index (χ2n) is 5.42. The molecule has 0 aromatic heterocycles. The lowest BCUT2D eigenvalue weighted by Crippen LogP contribution is -2.41. The van der Waals surface area contributed by atoms with Crippen LogP contribution in [0.15, 0.2) is 28.7 Å². The smallest absolute Gasteiger partial charge is 0.0541 e. The highest BCUT2D eigenvalue weighted by Gasteiger charge is 2.27. The Labute approximate surface area is 123 Å². The van der Waals surface area contributed by atoms with Crippen LogP contribution < -0.4 is 5.73 Å². The molecule has 19 heavy (non-hydrogen) atoms. The second kappa shape index (κ2) is 6.84. The number of halogens is 1. The van der Waals surface area contributed by atoms with E-state index in [0.717, 1.165) is 30.4 Å². The summed E-state index contributed by atoms with van der Waals surface area (Å²) < 4.78 is 1.10. The van der Waals surface area contributed by atoms with Crippen LogP contribution in [0.4, 0.5) is 0 Å². The fourth-order valence-electron chi connectivity index (χ4n) is 2.92. The maximum atomic E-state index is 9.66. The Morgan fingerprint density at radius 2 is 2.11 bits per heavy atom. The van der Waals surface area contributed by atoms with E-state index in [1.165, 1.54) is 5.56 Å². The average Bonchev–Trinajstić information content (AvgIpc) is 2.40. The van der Waals surface area contributed by atoms with Gasteiger partial charge in [-0.05, 0) is 56.5 Å². The van der Waals surface area contributed by atoms with E-state index in [1.807, 2.05) is 13.0 Å². The molecule has 4 heteroatoms. The molecule has 0 bridgehead atoms. The molecule has 1 aromatic carbocycles. The summed E-state index contributed by atoms with van der Waals surface area (Å²) in [6.07, 6.45) is 1.92. The van der Waals surface area contributed by atoms with Gasteiger partial charge in [-0.1, -0.05) is 28.1 Å². The zero-order valence-electron chi connectivity index (χ0n) is 11.4. The molecule has 1 saturated heterocycles. The fraction of sp³-hybridized carbons (Fsp3) is 0.600. The van der Waals surface area contributed by atoms with Crippen molar-refractivity contribution in [2.24, 2.45) is 11.7 Å². The molecule has 0 aliphatic carbocycles. The van der Waals surface area contributed by atoms with E-state index < -0.39 is 0 Å². The average molecular weight is 327 g/mol. The lowest BCUT2D eigenvalue weighted by Gasteiger charge is -2.38. The van der Waals surface area contributed by atoms with E-state index in [9.17, 15) is 5.11 Å². The van der Waals surface area contributed by atoms with Crippen LogP contribution in [0.2, 0.25) is 0 Å². The molecule has 1 heterocycles. The Hall–Kier alpha value is -0.420. The number of nitrogens with zero attached hydrogens (tertiary/aromatic N) is 1. The molecule has 2 atom stereocenters. The molecule has 1 aliphatic heterocycles. The quantitative estimate of drug-likeness (QED) is 0.893. The fourth-order valence-corrected chi connectivity index (χ4v) is 3.34. The van der Waals surface area contributed by atoms with Crippen LogP contribution in [0.5, 0.6) is 0 Å². The summed E-state index contributed by atoms with van der Waals surface area (Å²) in [4.78, 5) is 2.45. The van der Waals surface area contributed by atoms with Gasteiger partial charge in [0.1, 0.15) is 0 Å². The Morgan fingerprint density at radius 1 is 1.42 bits per heavy atom. The zero-order chi connectivity index (χ0) is 13.8. The van der Waals surface area contributed by atoms with Crippen LogP contribution in [-0.4, -0.2) is 35.7 Å². The van der Waals surface area contributed by atoms with E-state index in [0.29, 0.717) is 12.5 Å². The van der Waals surface area contributed by atoms with Gasteiger partial charge in [0.2, 0.25) is 0 Å². The SMILES string of the molecule is CC(O)C1CCN(C(CN)c2cccc(Br)c2)CC1. The van der Waals surface area contributed by atoms with Gasteiger partial charge in [0.05, 0.1) is 6.10 Å².